The van der Waals surface area contributed by atoms with Crippen LogP contribution in [0.2, 0.25) is 0 Å². The molecule has 0 aliphatic carbocycles. The van der Waals surface area contributed by atoms with E-state index >= 15 is 0 Å². The number of hydrogen-bond acceptors (Lipinski definition) is 3. The van der Waals surface area contributed by atoms with Gasteiger partial charge < -0.3 is 15.8 Å². The van der Waals surface area contributed by atoms with Crippen molar-refractivity contribution in [2.24, 2.45) is 11.7 Å². The van der Waals surface area contributed by atoms with Crippen LogP contribution in [-0.4, -0.2) is 32.3 Å². The molecule has 2 unspecified atom stereocenters. The number of nitrogens with two attached hydrogens (primary N) is 1. The van der Waals surface area contributed by atoms with Crippen molar-refractivity contribution in [3.8, 4) is 0 Å². The zero-order valence-corrected chi connectivity index (χ0v) is 8.59. The Kier molecular flexibility index (Phi) is 5.35. The largest absolute Gasteiger partial charge is 0.381 e. The van der Waals surface area contributed by atoms with Gasteiger partial charge in [-0.1, -0.05) is 13.3 Å². The molecular weight excluding hydrogens is 164 g/mol. The molecule has 0 aromatic rings. The minimum Gasteiger partial charge on any atom is -0.381 e. The molecule has 1 aliphatic heterocycles. The van der Waals surface area contributed by atoms with Gasteiger partial charge in [-0.05, 0) is 18.8 Å². The molecule has 0 aromatic heterocycles. The average Bonchev–Trinajstić information content (AvgIpc) is 2.57. The lowest BCUT2D eigenvalue weighted by Gasteiger charge is -2.13. The number of rotatable bonds is 6. The summed E-state index contributed by atoms with van der Waals surface area (Å²) in [5.41, 5.74) is 5.88. The molecule has 0 amide bonds. The molecule has 1 saturated heterocycles. The Morgan fingerprint density at radius 1 is 1.62 bits per heavy atom. The molecule has 0 aromatic carbocycles. The lowest BCUT2D eigenvalue weighted by molar-refractivity contribution is 0.185. The van der Waals surface area contributed by atoms with E-state index in [9.17, 15) is 0 Å². The van der Waals surface area contributed by atoms with Crippen LogP contribution in [0.5, 0.6) is 0 Å². The Morgan fingerprint density at radius 3 is 3.08 bits per heavy atom. The first-order chi connectivity index (χ1) is 6.33. The molecule has 1 heterocycles. The summed E-state index contributed by atoms with van der Waals surface area (Å²) in [6.45, 7) is 6.05. The van der Waals surface area contributed by atoms with Crippen LogP contribution < -0.4 is 11.1 Å². The van der Waals surface area contributed by atoms with Crippen molar-refractivity contribution in [1.82, 2.24) is 5.32 Å². The van der Waals surface area contributed by atoms with Gasteiger partial charge in [-0.2, -0.15) is 0 Å². The van der Waals surface area contributed by atoms with Crippen LogP contribution in [0, 0.1) is 5.92 Å². The fourth-order valence-electron chi connectivity index (χ4n) is 1.69. The van der Waals surface area contributed by atoms with E-state index in [1.165, 1.54) is 12.8 Å². The molecule has 1 fully saturated rings. The molecule has 0 spiro atoms. The highest BCUT2D eigenvalue weighted by atomic mass is 16.5. The number of hydrogen-bond donors (Lipinski definition) is 2. The first kappa shape index (κ1) is 11.0. The molecule has 2 atom stereocenters. The zero-order valence-electron chi connectivity index (χ0n) is 8.59. The Morgan fingerprint density at radius 2 is 2.46 bits per heavy atom. The van der Waals surface area contributed by atoms with Gasteiger partial charge in [0, 0.05) is 25.7 Å². The SMILES string of the molecule is CCCC(N)CNCC1CCOC1. The Hall–Kier alpha value is -0.120. The van der Waals surface area contributed by atoms with E-state index in [0.717, 1.165) is 32.7 Å². The molecule has 1 rings (SSSR count). The van der Waals surface area contributed by atoms with E-state index in [4.69, 9.17) is 10.5 Å². The van der Waals surface area contributed by atoms with Crippen molar-refractivity contribution in [3.05, 3.63) is 0 Å². The summed E-state index contributed by atoms with van der Waals surface area (Å²) in [5.74, 6) is 0.717. The molecule has 0 radical (unpaired) electrons. The smallest absolute Gasteiger partial charge is 0.0507 e. The third-order valence-corrected chi connectivity index (χ3v) is 2.52. The molecular formula is C10H22N2O. The maximum Gasteiger partial charge on any atom is 0.0507 e. The van der Waals surface area contributed by atoms with E-state index in [-0.39, 0.29) is 0 Å². The van der Waals surface area contributed by atoms with Crippen molar-refractivity contribution in [1.29, 1.82) is 0 Å². The Bertz CT molecular complexity index is 124. The summed E-state index contributed by atoms with van der Waals surface area (Å²) in [6, 6.07) is 0.326. The second-order valence-corrected chi connectivity index (χ2v) is 3.94. The van der Waals surface area contributed by atoms with E-state index in [0.29, 0.717) is 12.0 Å². The lowest BCUT2D eigenvalue weighted by Crippen LogP contribution is -2.36. The molecule has 0 bridgehead atoms. The molecule has 13 heavy (non-hydrogen) atoms. The summed E-state index contributed by atoms with van der Waals surface area (Å²) in [4.78, 5) is 0. The van der Waals surface area contributed by atoms with Gasteiger partial charge in [0.2, 0.25) is 0 Å². The second-order valence-electron chi connectivity index (χ2n) is 3.94. The Balaban J connectivity index is 1.93. The minimum atomic E-state index is 0.326. The first-order valence-corrected chi connectivity index (χ1v) is 5.37. The van der Waals surface area contributed by atoms with E-state index in [2.05, 4.69) is 12.2 Å². The summed E-state index contributed by atoms with van der Waals surface area (Å²) in [6.07, 6.45) is 3.50. The lowest BCUT2D eigenvalue weighted by atomic mass is 10.1. The van der Waals surface area contributed by atoms with Crippen LogP contribution >= 0.6 is 0 Å². The highest BCUT2D eigenvalue weighted by Gasteiger charge is 2.14. The van der Waals surface area contributed by atoms with Crippen LogP contribution in [-0.2, 0) is 4.74 Å². The number of nitrogens with one attached hydrogen (secondary N) is 1. The molecule has 3 N–H and O–H groups in total. The average molecular weight is 186 g/mol. The van der Waals surface area contributed by atoms with Gasteiger partial charge in [-0.25, -0.2) is 0 Å². The molecule has 1 aliphatic rings. The highest BCUT2D eigenvalue weighted by Crippen LogP contribution is 2.10. The van der Waals surface area contributed by atoms with Gasteiger partial charge in [0.15, 0.2) is 0 Å². The van der Waals surface area contributed by atoms with Gasteiger partial charge >= 0.3 is 0 Å². The Labute approximate surface area is 81.0 Å². The second kappa shape index (κ2) is 6.35. The predicted molar refractivity (Wildman–Crippen MR) is 54.7 cm³/mol. The topological polar surface area (TPSA) is 47.3 Å². The highest BCUT2D eigenvalue weighted by molar-refractivity contribution is 4.69. The molecule has 3 nitrogen and oxygen atoms in total. The third kappa shape index (κ3) is 4.60. The van der Waals surface area contributed by atoms with E-state index in [1.54, 1.807) is 0 Å². The van der Waals surface area contributed by atoms with Gasteiger partial charge in [0.05, 0.1) is 6.61 Å². The fourth-order valence-corrected chi connectivity index (χ4v) is 1.69. The van der Waals surface area contributed by atoms with Gasteiger partial charge in [-0.3, -0.25) is 0 Å². The van der Waals surface area contributed by atoms with Gasteiger partial charge in [0.25, 0.3) is 0 Å². The van der Waals surface area contributed by atoms with Crippen LogP contribution in [0.1, 0.15) is 26.2 Å². The monoisotopic (exact) mass is 186 g/mol. The van der Waals surface area contributed by atoms with Crippen molar-refractivity contribution < 1.29 is 4.74 Å². The zero-order chi connectivity index (χ0) is 9.52. The van der Waals surface area contributed by atoms with E-state index in [1.807, 2.05) is 0 Å². The van der Waals surface area contributed by atoms with Crippen LogP contribution in [0.15, 0.2) is 0 Å². The molecule has 3 heteroatoms. The standard InChI is InChI=1S/C10H22N2O/c1-2-3-10(11)7-12-6-9-4-5-13-8-9/h9-10,12H,2-8,11H2,1H3. The molecule has 0 saturated carbocycles. The van der Waals surface area contributed by atoms with E-state index < -0.39 is 0 Å². The fraction of sp³-hybridized carbons (Fsp3) is 1.00. The quantitative estimate of drug-likeness (QED) is 0.643. The summed E-state index contributed by atoms with van der Waals surface area (Å²) in [5, 5.41) is 3.41. The normalized spacial score (nSPS) is 24.9. The summed E-state index contributed by atoms with van der Waals surface area (Å²) < 4.78 is 5.29. The predicted octanol–water partition coefficient (Wildman–Crippen LogP) is 0.740. The number of ether oxygens (including phenoxy) is 1. The van der Waals surface area contributed by atoms with Crippen LogP contribution in [0.4, 0.5) is 0 Å². The van der Waals surface area contributed by atoms with Gasteiger partial charge in [0.1, 0.15) is 0 Å². The van der Waals surface area contributed by atoms with Crippen LogP contribution in [0.25, 0.3) is 0 Å². The van der Waals surface area contributed by atoms with Crippen molar-refractivity contribution in [2.75, 3.05) is 26.3 Å². The van der Waals surface area contributed by atoms with Crippen LogP contribution in [0.3, 0.4) is 0 Å². The van der Waals surface area contributed by atoms with Crippen molar-refractivity contribution in [3.63, 3.8) is 0 Å². The third-order valence-electron chi connectivity index (χ3n) is 2.52. The molecule has 78 valence electrons. The summed E-state index contributed by atoms with van der Waals surface area (Å²) >= 11 is 0. The maximum absolute atomic E-state index is 5.88. The summed E-state index contributed by atoms with van der Waals surface area (Å²) in [7, 11) is 0. The first-order valence-electron chi connectivity index (χ1n) is 5.37. The van der Waals surface area contributed by atoms with Crippen molar-refractivity contribution >= 4 is 0 Å². The van der Waals surface area contributed by atoms with Gasteiger partial charge in [-0.15, -0.1) is 0 Å². The van der Waals surface area contributed by atoms with Crippen molar-refractivity contribution in [2.45, 2.75) is 32.2 Å². The minimum absolute atomic E-state index is 0.326. The maximum atomic E-state index is 5.88.